The molecule has 0 amide bonds. The fraction of sp³-hybridized carbons (Fsp3) is 0.429. The Hall–Kier alpha value is -2.05. The maximum Gasteiger partial charge on any atom is 0.241 e. The topological polar surface area (TPSA) is 64.6 Å². The molecule has 0 spiro atoms. The minimum Gasteiger partial charge on any atom is -0.497 e. The van der Waals surface area contributed by atoms with Gasteiger partial charge in [-0.3, -0.25) is 0 Å². The van der Waals surface area contributed by atoms with Crippen molar-refractivity contribution < 1.29 is 17.9 Å². The van der Waals surface area contributed by atoms with Crippen LogP contribution in [0.5, 0.6) is 11.5 Å². The van der Waals surface area contributed by atoms with Crippen LogP contribution >= 0.6 is 0 Å². The molecule has 0 aromatic heterocycles. The van der Waals surface area contributed by atoms with E-state index in [1.165, 1.54) is 0 Å². The van der Waals surface area contributed by atoms with E-state index in [9.17, 15) is 8.42 Å². The minimum atomic E-state index is -3.71. The third kappa shape index (κ3) is 3.96. The molecule has 5 nitrogen and oxygen atoms in total. The number of hydrogen-bond acceptors (Lipinski definition) is 4. The van der Waals surface area contributed by atoms with E-state index in [4.69, 9.17) is 9.47 Å². The van der Waals surface area contributed by atoms with Crippen LogP contribution in [-0.2, 0) is 10.0 Å². The molecule has 0 bridgehead atoms. The first-order valence-corrected chi connectivity index (χ1v) is 10.5. The summed E-state index contributed by atoms with van der Waals surface area (Å²) in [6.45, 7) is 9.51. The highest BCUT2D eigenvalue weighted by atomic mass is 32.2. The lowest BCUT2D eigenvalue weighted by atomic mass is 9.89. The predicted molar refractivity (Wildman–Crippen MR) is 106 cm³/mol. The van der Waals surface area contributed by atoms with E-state index in [0.717, 1.165) is 16.9 Å². The molecular weight excluding hydrogens is 362 g/mol. The van der Waals surface area contributed by atoms with Crippen LogP contribution in [0.3, 0.4) is 0 Å². The molecule has 0 aliphatic carbocycles. The van der Waals surface area contributed by atoms with Gasteiger partial charge in [0.25, 0.3) is 0 Å². The fourth-order valence-electron chi connectivity index (χ4n) is 3.78. The largest absolute Gasteiger partial charge is 0.497 e. The van der Waals surface area contributed by atoms with E-state index in [1.807, 2.05) is 39.0 Å². The van der Waals surface area contributed by atoms with Crippen LogP contribution in [0.1, 0.15) is 48.6 Å². The second-order valence-corrected chi connectivity index (χ2v) is 9.52. The Bertz CT molecular complexity index is 957. The second-order valence-electron chi connectivity index (χ2n) is 7.87. The first kappa shape index (κ1) is 19.7. The molecule has 0 unspecified atom stereocenters. The Morgan fingerprint density at radius 2 is 1.74 bits per heavy atom. The van der Waals surface area contributed by atoms with Gasteiger partial charge in [-0.2, -0.15) is 0 Å². The van der Waals surface area contributed by atoms with E-state index in [2.05, 4.69) is 4.72 Å². The molecule has 0 fully saturated rings. The molecule has 146 valence electrons. The average molecular weight is 390 g/mol. The molecule has 2 aromatic rings. The molecule has 0 saturated heterocycles. The van der Waals surface area contributed by atoms with Gasteiger partial charge in [0.15, 0.2) is 0 Å². The molecule has 0 radical (unpaired) electrons. The number of sulfonamides is 1. The molecule has 0 saturated carbocycles. The number of benzene rings is 2. The van der Waals surface area contributed by atoms with Crippen molar-refractivity contribution in [2.24, 2.45) is 0 Å². The zero-order valence-corrected chi connectivity index (χ0v) is 17.5. The normalized spacial score (nSPS) is 18.5. The zero-order valence-electron chi connectivity index (χ0n) is 16.7. The van der Waals surface area contributed by atoms with Gasteiger partial charge in [-0.05, 0) is 63.9 Å². The average Bonchev–Trinajstić information content (AvgIpc) is 2.53. The number of methoxy groups -OCH3 is 1. The van der Waals surface area contributed by atoms with Crippen molar-refractivity contribution in [3.8, 4) is 11.5 Å². The number of fused-ring (bicyclic) bond motifs is 1. The van der Waals surface area contributed by atoms with Gasteiger partial charge in [0.1, 0.15) is 17.1 Å². The fourth-order valence-corrected chi connectivity index (χ4v) is 5.45. The lowest BCUT2D eigenvalue weighted by Crippen LogP contribution is -2.41. The van der Waals surface area contributed by atoms with E-state index in [1.54, 1.807) is 33.1 Å². The Kier molecular flexibility index (Phi) is 4.99. The molecule has 3 rings (SSSR count). The molecule has 6 heteroatoms. The third-order valence-electron chi connectivity index (χ3n) is 4.86. The maximum atomic E-state index is 13.3. The van der Waals surface area contributed by atoms with E-state index in [-0.39, 0.29) is 6.04 Å². The quantitative estimate of drug-likeness (QED) is 0.851. The molecule has 27 heavy (non-hydrogen) atoms. The first-order chi connectivity index (χ1) is 12.5. The Balaban J connectivity index is 2.03. The van der Waals surface area contributed by atoms with Crippen molar-refractivity contribution in [3.63, 3.8) is 0 Å². The van der Waals surface area contributed by atoms with Gasteiger partial charge in [-0.15, -0.1) is 0 Å². The zero-order chi connectivity index (χ0) is 20.0. The molecule has 1 atom stereocenters. The Labute approximate surface area is 161 Å². The van der Waals surface area contributed by atoms with Crippen molar-refractivity contribution in [1.29, 1.82) is 0 Å². The van der Waals surface area contributed by atoms with Crippen LogP contribution in [-0.4, -0.2) is 21.1 Å². The second kappa shape index (κ2) is 6.84. The number of aryl methyl sites for hydroxylation is 3. The molecule has 1 heterocycles. The Morgan fingerprint density at radius 1 is 1.11 bits per heavy atom. The third-order valence-corrected chi connectivity index (χ3v) is 6.63. The lowest BCUT2D eigenvalue weighted by molar-refractivity contribution is 0.0701. The van der Waals surface area contributed by atoms with Crippen LogP contribution in [0.2, 0.25) is 0 Å². The highest BCUT2D eigenvalue weighted by Gasteiger charge is 2.36. The standard InChI is InChI=1S/C21H27NO4S/c1-13-7-8-19-17(9-13)18(12-21(4,5)26-19)22-27(23,24)20-14(2)10-16(25-6)11-15(20)3/h7-11,18,22H,12H2,1-6H3/t18-/m0/s1. The van der Waals surface area contributed by atoms with Gasteiger partial charge in [0.05, 0.1) is 18.0 Å². The van der Waals surface area contributed by atoms with Crippen LogP contribution in [0.4, 0.5) is 0 Å². The molecule has 1 N–H and O–H groups in total. The van der Waals surface area contributed by atoms with Gasteiger partial charge in [0, 0.05) is 12.0 Å². The maximum absolute atomic E-state index is 13.3. The van der Waals surface area contributed by atoms with Crippen molar-refractivity contribution in [2.45, 2.75) is 57.6 Å². The van der Waals surface area contributed by atoms with E-state index >= 15 is 0 Å². The molecule has 2 aromatic carbocycles. The smallest absolute Gasteiger partial charge is 0.241 e. The van der Waals surface area contributed by atoms with Crippen LogP contribution in [0, 0.1) is 20.8 Å². The summed E-state index contributed by atoms with van der Waals surface area (Å²) in [6, 6.07) is 9.02. The number of rotatable bonds is 4. The number of ether oxygens (including phenoxy) is 2. The predicted octanol–water partition coefficient (Wildman–Crippen LogP) is 4.20. The molecule has 1 aliphatic heterocycles. The van der Waals surface area contributed by atoms with Gasteiger partial charge in [-0.1, -0.05) is 17.7 Å². The van der Waals surface area contributed by atoms with Crippen molar-refractivity contribution in [2.75, 3.05) is 7.11 Å². The number of nitrogens with one attached hydrogen (secondary N) is 1. The summed E-state index contributed by atoms with van der Waals surface area (Å²) in [7, 11) is -2.14. The highest BCUT2D eigenvalue weighted by molar-refractivity contribution is 7.89. The van der Waals surface area contributed by atoms with E-state index < -0.39 is 15.6 Å². The van der Waals surface area contributed by atoms with Gasteiger partial charge in [0.2, 0.25) is 10.0 Å². The minimum absolute atomic E-state index is 0.307. The lowest BCUT2D eigenvalue weighted by Gasteiger charge is -2.38. The van der Waals surface area contributed by atoms with Crippen LogP contribution in [0.25, 0.3) is 0 Å². The monoisotopic (exact) mass is 389 g/mol. The van der Waals surface area contributed by atoms with Crippen molar-refractivity contribution in [1.82, 2.24) is 4.72 Å². The van der Waals surface area contributed by atoms with Gasteiger partial charge < -0.3 is 9.47 Å². The summed E-state index contributed by atoms with van der Waals surface area (Å²) in [5.41, 5.74) is 2.81. The van der Waals surface area contributed by atoms with Crippen LogP contribution < -0.4 is 14.2 Å². The van der Waals surface area contributed by atoms with Gasteiger partial charge in [-0.25, -0.2) is 13.1 Å². The van der Waals surface area contributed by atoms with Gasteiger partial charge >= 0.3 is 0 Å². The van der Waals surface area contributed by atoms with Crippen molar-refractivity contribution in [3.05, 3.63) is 52.6 Å². The molecular formula is C21H27NO4S. The summed E-state index contributed by atoms with van der Waals surface area (Å²) in [5.74, 6) is 1.38. The summed E-state index contributed by atoms with van der Waals surface area (Å²) in [4.78, 5) is 0.307. The van der Waals surface area contributed by atoms with Crippen LogP contribution in [0.15, 0.2) is 35.2 Å². The Morgan fingerprint density at radius 3 is 2.33 bits per heavy atom. The molecule has 1 aliphatic rings. The summed E-state index contributed by atoms with van der Waals surface area (Å²) < 4.78 is 40.7. The first-order valence-electron chi connectivity index (χ1n) is 8.99. The van der Waals surface area contributed by atoms with E-state index in [0.29, 0.717) is 28.2 Å². The SMILES string of the molecule is COc1cc(C)c(S(=O)(=O)N[C@H]2CC(C)(C)Oc3ccc(C)cc32)c(C)c1. The summed E-state index contributed by atoms with van der Waals surface area (Å²) in [5, 5.41) is 0. The number of hydrogen-bond donors (Lipinski definition) is 1. The highest BCUT2D eigenvalue weighted by Crippen LogP contribution is 2.41. The summed E-state index contributed by atoms with van der Waals surface area (Å²) in [6.07, 6.45) is 0.553. The van der Waals surface area contributed by atoms with Crippen molar-refractivity contribution >= 4 is 10.0 Å². The summed E-state index contributed by atoms with van der Waals surface area (Å²) >= 11 is 0.